The molecule has 8 nitrogen and oxygen atoms in total. The van der Waals surface area contributed by atoms with E-state index in [0.29, 0.717) is 12.0 Å². The molecule has 158 valence electrons. The molecule has 1 aromatic carbocycles. The lowest BCUT2D eigenvalue weighted by Crippen LogP contribution is -2.24. The van der Waals surface area contributed by atoms with Crippen LogP contribution in [0.2, 0.25) is 0 Å². The van der Waals surface area contributed by atoms with Gasteiger partial charge in [-0.15, -0.1) is 5.10 Å². The molecule has 0 aliphatic carbocycles. The molecule has 0 spiro atoms. The molecular weight excluding hydrogens is 392 g/mol. The largest absolute Gasteiger partial charge is 0.382 e. The number of hydrogen-bond acceptors (Lipinski definition) is 5. The van der Waals surface area contributed by atoms with E-state index < -0.39 is 5.92 Å². The Morgan fingerprint density at radius 1 is 1.23 bits per heavy atom. The Bertz CT molecular complexity index is 1030. The van der Waals surface area contributed by atoms with Crippen LogP contribution < -0.4 is 22.4 Å². The summed E-state index contributed by atoms with van der Waals surface area (Å²) >= 11 is 0. The zero-order valence-electron chi connectivity index (χ0n) is 16.2. The van der Waals surface area contributed by atoms with Gasteiger partial charge in [-0.2, -0.15) is 0 Å². The van der Waals surface area contributed by atoms with Gasteiger partial charge in [0.05, 0.1) is 0 Å². The molecule has 0 aliphatic rings. The zero-order valence-corrected chi connectivity index (χ0v) is 16.2. The van der Waals surface area contributed by atoms with Crippen LogP contribution in [0.4, 0.5) is 8.78 Å². The van der Waals surface area contributed by atoms with Gasteiger partial charge in [0.1, 0.15) is 5.65 Å². The molecule has 0 radical (unpaired) electrons. The van der Waals surface area contributed by atoms with Crippen molar-refractivity contribution in [1.82, 2.24) is 20.4 Å². The van der Waals surface area contributed by atoms with Crippen LogP contribution in [-0.2, 0) is 11.2 Å². The van der Waals surface area contributed by atoms with Crippen molar-refractivity contribution in [2.45, 2.75) is 25.2 Å². The van der Waals surface area contributed by atoms with Gasteiger partial charge < -0.3 is 15.6 Å². The van der Waals surface area contributed by atoms with Crippen LogP contribution >= 0.6 is 0 Å². The van der Waals surface area contributed by atoms with E-state index >= 15 is 0 Å². The number of hydrazine groups is 1. The van der Waals surface area contributed by atoms with Gasteiger partial charge in [0.25, 0.3) is 0 Å². The molecule has 30 heavy (non-hydrogen) atoms. The van der Waals surface area contributed by atoms with Crippen molar-refractivity contribution in [2.75, 3.05) is 6.54 Å². The van der Waals surface area contributed by atoms with Gasteiger partial charge in [-0.1, -0.05) is 0 Å². The number of pyridine rings is 1. The van der Waals surface area contributed by atoms with E-state index in [1.807, 2.05) is 47.2 Å². The average Bonchev–Trinajstić information content (AvgIpc) is 3.16. The standard InChI is InChI=1S/C20H23F2N7O/c21-20(22,8-9-25-13-30)7-5-14-11-16-6-10-29(19(16)26-12-14)17-3-1-15(2-4-17)18(23)27-28-24/h1-4,6,10-13,28H,5,7-9,24H2,(H2,23,27)(H,25,30). The molecule has 2 heterocycles. The first-order valence-electron chi connectivity index (χ1n) is 9.34. The number of amides is 1. The molecule has 0 atom stereocenters. The minimum atomic E-state index is -2.84. The summed E-state index contributed by atoms with van der Waals surface area (Å²) in [6, 6.07) is 11.1. The highest BCUT2D eigenvalue weighted by molar-refractivity contribution is 5.97. The number of aryl methyl sites for hydroxylation is 1. The summed E-state index contributed by atoms with van der Waals surface area (Å²) < 4.78 is 29.7. The van der Waals surface area contributed by atoms with Gasteiger partial charge >= 0.3 is 0 Å². The van der Waals surface area contributed by atoms with Crippen molar-refractivity contribution < 1.29 is 13.6 Å². The van der Waals surface area contributed by atoms with Gasteiger partial charge in [0, 0.05) is 48.4 Å². The Morgan fingerprint density at radius 2 is 2.00 bits per heavy atom. The quantitative estimate of drug-likeness (QED) is 0.100. The summed E-state index contributed by atoms with van der Waals surface area (Å²) in [6.07, 6.45) is 3.42. The van der Waals surface area contributed by atoms with Crippen molar-refractivity contribution in [1.29, 1.82) is 0 Å². The molecule has 0 fully saturated rings. The molecule has 1 amide bonds. The maximum Gasteiger partial charge on any atom is 0.250 e. The van der Waals surface area contributed by atoms with Crippen LogP contribution in [0.25, 0.3) is 16.7 Å². The number of nitrogens with two attached hydrogens (primary N) is 2. The number of carbonyl (C=O) groups is 1. The van der Waals surface area contributed by atoms with Crippen LogP contribution in [-0.4, -0.2) is 34.3 Å². The smallest absolute Gasteiger partial charge is 0.250 e. The second-order valence-electron chi connectivity index (χ2n) is 6.79. The minimum Gasteiger partial charge on any atom is -0.382 e. The van der Waals surface area contributed by atoms with Crippen molar-refractivity contribution in [3.63, 3.8) is 0 Å². The van der Waals surface area contributed by atoms with Crippen molar-refractivity contribution in [3.8, 4) is 5.69 Å². The zero-order chi connectivity index (χ0) is 21.6. The first-order chi connectivity index (χ1) is 14.4. The van der Waals surface area contributed by atoms with Crippen LogP contribution in [0.5, 0.6) is 0 Å². The van der Waals surface area contributed by atoms with Gasteiger partial charge in [0.2, 0.25) is 12.3 Å². The molecule has 0 aliphatic heterocycles. The Labute approximate surface area is 171 Å². The number of halogens is 2. The van der Waals surface area contributed by atoms with Crippen LogP contribution in [0.3, 0.4) is 0 Å². The molecule has 6 N–H and O–H groups in total. The predicted octanol–water partition coefficient (Wildman–Crippen LogP) is 1.81. The number of hydrogen-bond donors (Lipinski definition) is 4. The number of fused-ring (bicyclic) bond motifs is 1. The fourth-order valence-corrected chi connectivity index (χ4v) is 3.11. The Morgan fingerprint density at radius 3 is 2.70 bits per heavy atom. The molecule has 10 heteroatoms. The highest BCUT2D eigenvalue weighted by Gasteiger charge is 2.27. The second kappa shape index (κ2) is 9.31. The van der Waals surface area contributed by atoms with E-state index in [-0.39, 0.29) is 31.6 Å². The molecule has 0 saturated carbocycles. The monoisotopic (exact) mass is 415 g/mol. The van der Waals surface area contributed by atoms with Gasteiger partial charge in [-0.25, -0.2) is 25.1 Å². The highest BCUT2D eigenvalue weighted by Crippen LogP contribution is 2.26. The normalized spacial score (nSPS) is 12.2. The molecule has 2 aromatic heterocycles. The number of nitrogens with one attached hydrogen (secondary N) is 2. The lowest BCUT2D eigenvalue weighted by Gasteiger charge is -2.15. The van der Waals surface area contributed by atoms with E-state index in [1.54, 1.807) is 6.20 Å². The van der Waals surface area contributed by atoms with Crippen LogP contribution in [0.15, 0.2) is 53.9 Å². The second-order valence-corrected chi connectivity index (χ2v) is 6.79. The summed E-state index contributed by atoms with van der Waals surface area (Å²) in [4.78, 5) is 14.7. The van der Waals surface area contributed by atoms with E-state index in [9.17, 15) is 13.6 Å². The maximum atomic E-state index is 13.9. The molecule has 0 unspecified atom stereocenters. The third-order valence-corrected chi connectivity index (χ3v) is 4.71. The number of rotatable bonds is 10. The minimum absolute atomic E-state index is 0.0460. The molecule has 3 rings (SSSR count). The Kier molecular flexibility index (Phi) is 6.58. The molecule has 0 bridgehead atoms. The SMILES string of the molecule is NN/N=C(\N)c1ccc(-n2ccc3cc(CCC(F)(F)CCNC=O)cnc32)cc1. The van der Waals surface area contributed by atoms with Crippen molar-refractivity contribution in [2.24, 2.45) is 16.7 Å². The summed E-state index contributed by atoms with van der Waals surface area (Å²) in [5.74, 6) is 2.56. The highest BCUT2D eigenvalue weighted by atomic mass is 19.3. The summed E-state index contributed by atoms with van der Waals surface area (Å²) in [6.45, 7) is -0.0460. The van der Waals surface area contributed by atoms with E-state index in [1.165, 1.54) is 0 Å². The summed E-state index contributed by atoms with van der Waals surface area (Å²) in [5, 5.41) is 6.85. The molecule has 3 aromatic rings. The van der Waals surface area contributed by atoms with E-state index in [2.05, 4.69) is 20.9 Å². The average molecular weight is 415 g/mol. The topological polar surface area (TPSA) is 123 Å². The van der Waals surface area contributed by atoms with Gasteiger partial charge in [-0.05, 0) is 48.4 Å². The third-order valence-electron chi connectivity index (χ3n) is 4.71. The number of amidine groups is 1. The maximum absolute atomic E-state index is 13.9. The first kappa shape index (κ1) is 21.2. The van der Waals surface area contributed by atoms with Gasteiger partial charge in [-0.3, -0.25) is 4.79 Å². The lowest BCUT2D eigenvalue weighted by atomic mass is 10.0. The number of alkyl halides is 2. The van der Waals surface area contributed by atoms with Crippen LogP contribution in [0, 0.1) is 0 Å². The Hall–Kier alpha value is -3.53. The molecular formula is C20H23F2N7O. The summed E-state index contributed by atoms with van der Waals surface area (Å²) in [7, 11) is 0. The first-order valence-corrected chi connectivity index (χ1v) is 9.34. The third kappa shape index (κ3) is 5.09. The summed E-state index contributed by atoms with van der Waals surface area (Å²) in [5.41, 5.74) is 11.0. The number of nitrogens with zero attached hydrogens (tertiary/aromatic N) is 3. The van der Waals surface area contributed by atoms with E-state index in [0.717, 1.165) is 22.3 Å². The van der Waals surface area contributed by atoms with Crippen LogP contribution in [0.1, 0.15) is 24.0 Å². The van der Waals surface area contributed by atoms with Crippen molar-refractivity contribution in [3.05, 3.63) is 59.9 Å². The number of hydrazone groups is 1. The number of carbonyl (C=O) groups excluding carboxylic acids is 1. The predicted molar refractivity (Wildman–Crippen MR) is 111 cm³/mol. The number of aromatic nitrogens is 2. The van der Waals surface area contributed by atoms with E-state index in [4.69, 9.17) is 11.6 Å². The lowest BCUT2D eigenvalue weighted by molar-refractivity contribution is -0.109. The Balaban J connectivity index is 1.73. The fourth-order valence-electron chi connectivity index (χ4n) is 3.11. The number of benzene rings is 1. The molecule has 0 saturated heterocycles. The fraction of sp³-hybridized carbons (Fsp3) is 0.250. The van der Waals surface area contributed by atoms with Gasteiger partial charge in [0.15, 0.2) is 5.84 Å². The van der Waals surface area contributed by atoms with Crippen molar-refractivity contribution >= 4 is 23.3 Å².